The van der Waals surface area contributed by atoms with Crippen molar-refractivity contribution in [3.8, 4) is 5.75 Å². The van der Waals surface area contributed by atoms with Crippen LogP contribution >= 0.6 is 11.6 Å². The summed E-state index contributed by atoms with van der Waals surface area (Å²) in [7, 11) is 0. The van der Waals surface area contributed by atoms with Gasteiger partial charge in [0.05, 0.1) is 30.8 Å². The number of hydrogen-bond donors (Lipinski definition) is 1. The predicted octanol–water partition coefficient (Wildman–Crippen LogP) is 4.61. The topological polar surface area (TPSA) is 58.6 Å². The van der Waals surface area contributed by atoms with Crippen molar-refractivity contribution in [3.63, 3.8) is 0 Å². The minimum absolute atomic E-state index is 0.00672. The molecule has 5 nitrogen and oxygen atoms in total. The molecule has 0 saturated heterocycles. The number of hydrogen-bond acceptors (Lipinski definition) is 3. The molecule has 0 fully saturated rings. The maximum Gasteiger partial charge on any atom is 0.418 e. The minimum atomic E-state index is -4.60. The molecule has 2 amide bonds. The Morgan fingerprint density at radius 2 is 1.86 bits per heavy atom. The summed E-state index contributed by atoms with van der Waals surface area (Å²) < 4.78 is 44.5. The highest BCUT2D eigenvalue weighted by Crippen LogP contribution is 2.34. The molecule has 2 aromatic rings. The Morgan fingerprint density at radius 1 is 1.14 bits per heavy atom. The molecule has 0 aliphatic heterocycles. The summed E-state index contributed by atoms with van der Waals surface area (Å²) in [5.41, 5.74) is -1.30. The van der Waals surface area contributed by atoms with Gasteiger partial charge in [-0.25, -0.2) is 0 Å². The van der Waals surface area contributed by atoms with Crippen molar-refractivity contribution in [1.82, 2.24) is 4.90 Å². The number of benzene rings is 2. The molecule has 0 saturated carbocycles. The molecule has 29 heavy (non-hydrogen) atoms. The third kappa shape index (κ3) is 6.98. The molecule has 0 atom stereocenters. The lowest BCUT2D eigenvalue weighted by atomic mass is 10.1. The lowest BCUT2D eigenvalue weighted by Crippen LogP contribution is -2.38. The number of nitrogens with zero attached hydrogens (tertiary/aromatic N) is 1. The fourth-order valence-corrected chi connectivity index (χ4v) is 2.73. The molecule has 9 heteroatoms. The van der Waals surface area contributed by atoms with E-state index in [2.05, 4.69) is 5.32 Å². The number of carbonyl (C=O) groups excluding carboxylic acids is 2. The highest BCUT2D eigenvalue weighted by molar-refractivity contribution is 6.30. The van der Waals surface area contributed by atoms with Gasteiger partial charge in [0.1, 0.15) is 5.75 Å². The molecule has 2 aromatic carbocycles. The number of anilines is 1. The van der Waals surface area contributed by atoms with Gasteiger partial charge in [0.2, 0.25) is 11.8 Å². The molecule has 2 rings (SSSR count). The second-order valence-corrected chi connectivity index (χ2v) is 6.49. The highest BCUT2D eigenvalue weighted by Gasteiger charge is 2.33. The Morgan fingerprint density at radius 3 is 2.52 bits per heavy atom. The van der Waals surface area contributed by atoms with Crippen molar-refractivity contribution in [2.45, 2.75) is 19.5 Å². The Hall–Kier alpha value is -2.74. The predicted molar refractivity (Wildman–Crippen MR) is 104 cm³/mol. The maximum absolute atomic E-state index is 13.0. The molecular weight excluding hydrogens is 409 g/mol. The van der Waals surface area contributed by atoms with Crippen LogP contribution in [0.5, 0.6) is 5.75 Å². The highest BCUT2D eigenvalue weighted by atomic mass is 35.5. The molecule has 0 heterocycles. The molecule has 0 aromatic heterocycles. The van der Waals surface area contributed by atoms with Crippen LogP contribution in [0.1, 0.15) is 18.9 Å². The van der Waals surface area contributed by atoms with E-state index in [1.165, 1.54) is 17.0 Å². The monoisotopic (exact) mass is 428 g/mol. The summed E-state index contributed by atoms with van der Waals surface area (Å²) in [5.74, 6) is -0.559. The zero-order valence-electron chi connectivity index (χ0n) is 15.6. The molecule has 0 aliphatic carbocycles. The zero-order chi connectivity index (χ0) is 21.4. The van der Waals surface area contributed by atoms with Crippen molar-refractivity contribution in [3.05, 3.63) is 59.1 Å². The smallest absolute Gasteiger partial charge is 0.418 e. The quantitative estimate of drug-likeness (QED) is 0.667. The number of alkyl halides is 3. The summed E-state index contributed by atoms with van der Waals surface area (Å²) >= 11 is 5.85. The number of carbonyl (C=O) groups is 2. The average Bonchev–Trinajstić information content (AvgIpc) is 2.65. The van der Waals surface area contributed by atoms with Crippen LogP contribution in [0.25, 0.3) is 0 Å². The van der Waals surface area contributed by atoms with Gasteiger partial charge in [0.15, 0.2) is 0 Å². The molecule has 156 valence electrons. The van der Waals surface area contributed by atoms with Crippen molar-refractivity contribution < 1.29 is 27.5 Å². The van der Waals surface area contributed by atoms with Crippen LogP contribution in [0.3, 0.4) is 0 Å². The van der Waals surface area contributed by atoms with E-state index in [-0.39, 0.29) is 37.7 Å². The molecule has 0 bridgehead atoms. The van der Waals surface area contributed by atoms with Gasteiger partial charge in [-0.3, -0.25) is 9.59 Å². The second-order valence-electron chi connectivity index (χ2n) is 6.06. The van der Waals surface area contributed by atoms with Gasteiger partial charge in [0.25, 0.3) is 0 Å². The molecule has 0 spiro atoms. The number of likely N-dealkylation sites (N-methyl/N-ethyl adjacent to an activating group) is 1. The number of ether oxygens (including phenoxy) is 1. The lowest BCUT2D eigenvalue weighted by molar-refractivity contribution is -0.137. The van der Waals surface area contributed by atoms with Crippen molar-refractivity contribution in [2.24, 2.45) is 0 Å². The largest absolute Gasteiger partial charge is 0.493 e. The van der Waals surface area contributed by atoms with Crippen LogP contribution in [-0.2, 0) is 15.8 Å². The summed E-state index contributed by atoms with van der Waals surface area (Å²) in [6.07, 6.45) is -4.59. The van der Waals surface area contributed by atoms with E-state index in [0.29, 0.717) is 10.8 Å². The SMILES string of the molecule is CCN(CC(=O)Nc1ccccc1C(F)(F)F)C(=O)CCOc1cccc(Cl)c1. The number of nitrogens with one attached hydrogen (secondary N) is 1. The third-order valence-corrected chi connectivity index (χ3v) is 4.19. The fraction of sp³-hybridized carbons (Fsp3) is 0.300. The second kappa shape index (κ2) is 10.2. The Bertz CT molecular complexity index is 859. The van der Waals surface area contributed by atoms with Crippen LogP contribution in [-0.4, -0.2) is 36.4 Å². The summed E-state index contributed by atoms with van der Waals surface area (Å²) in [4.78, 5) is 25.7. The molecule has 0 aliphatic rings. The van der Waals surface area contributed by atoms with Gasteiger partial charge in [-0.1, -0.05) is 29.8 Å². The van der Waals surface area contributed by atoms with Gasteiger partial charge in [-0.15, -0.1) is 0 Å². The van der Waals surface area contributed by atoms with E-state index < -0.39 is 17.6 Å². The van der Waals surface area contributed by atoms with E-state index in [1.54, 1.807) is 31.2 Å². The Kier molecular flexibility index (Phi) is 7.90. The van der Waals surface area contributed by atoms with Gasteiger partial charge >= 0.3 is 6.18 Å². The first kappa shape index (κ1) is 22.5. The molecule has 0 radical (unpaired) electrons. The maximum atomic E-state index is 13.0. The van der Waals surface area contributed by atoms with Gasteiger partial charge < -0.3 is 15.0 Å². The first-order valence-electron chi connectivity index (χ1n) is 8.83. The summed E-state index contributed by atoms with van der Waals surface area (Å²) in [5, 5.41) is 2.73. The van der Waals surface area contributed by atoms with Gasteiger partial charge in [-0.05, 0) is 37.3 Å². The molecule has 1 N–H and O–H groups in total. The van der Waals surface area contributed by atoms with Gasteiger partial charge in [0, 0.05) is 11.6 Å². The standard InChI is InChI=1S/C20H20ClF3N2O3/c1-2-26(19(28)10-11-29-15-7-5-6-14(21)12-15)13-18(27)25-17-9-4-3-8-16(17)20(22,23)24/h3-9,12H,2,10-11,13H2,1H3,(H,25,27). The Labute approximate surface area is 171 Å². The normalized spacial score (nSPS) is 11.1. The van der Waals surface area contributed by atoms with Crippen LogP contribution in [0.15, 0.2) is 48.5 Å². The van der Waals surface area contributed by atoms with E-state index in [1.807, 2.05) is 0 Å². The summed E-state index contributed by atoms with van der Waals surface area (Å²) in [6, 6.07) is 11.4. The average molecular weight is 429 g/mol. The van der Waals surface area contributed by atoms with Gasteiger partial charge in [-0.2, -0.15) is 13.2 Å². The van der Waals surface area contributed by atoms with E-state index >= 15 is 0 Å². The number of rotatable bonds is 8. The fourth-order valence-electron chi connectivity index (χ4n) is 2.55. The minimum Gasteiger partial charge on any atom is -0.493 e. The third-order valence-electron chi connectivity index (χ3n) is 3.96. The number of para-hydroxylation sites is 1. The first-order chi connectivity index (χ1) is 13.7. The van der Waals surface area contributed by atoms with Crippen molar-refractivity contribution >= 4 is 29.1 Å². The van der Waals surface area contributed by atoms with Crippen LogP contribution in [0, 0.1) is 0 Å². The molecular formula is C20H20ClF3N2O3. The van der Waals surface area contributed by atoms with E-state index in [9.17, 15) is 22.8 Å². The number of halogens is 4. The van der Waals surface area contributed by atoms with E-state index in [0.717, 1.165) is 12.1 Å². The van der Waals surface area contributed by atoms with Crippen LogP contribution < -0.4 is 10.1 Å². The molecule has 0 unspecified atom stereocenters. The summed E-state index contributed by atoms with van der Waals surface area (Å²) in [6.45, 7) is 1.61. The van der Waals surface area contributed by atoms with E-state index in [4.69, 9.17) is 16.3 Å². The lowest BCUT2D eigenvalue weighted by Gasteiger charge is -2.21. The first-order valence-corrected chi connectivity index (χ1v) is 9.20. The zero-order valence-corrected chi connectivity index (χ0v) is 16.4. The number of amides is 2. The Balaban J connectivity index is 1.90. The van der Waals surface area contributed by atoms with Crippen molar-refractivity contribution in [2.75, 3.05) is 25.0 Å². The van der Waals surface area contributed by atoms with Crippen LogP contribution in [0.4, 0.5) is 18.9 Å². The van der Waals surface area contributed by atoms with Crippen molar-refractivity contribution in [1.29, 1.82) is 0 Å². The van der Waals surface area contributed by atoms with Crippen LogP contribution in [0.2, 0.25) is 5.02 Å².